The Labute approximate surface area is 115 Å². The molecule has 4 rings (SSSR count). The molecule has 0 aromatic carbocycles. The molecule has 4 unspecified atom stereocenters. The number of hydrogen-bond donors (Lipinski definition) is 1. The SMILES string of the molecule is Cc1cn(C2CC2)c(NC(C)C2CC3CCC2C3)n1. The van der Waals surface area contributed by atoms with Gasteiger partial charge in [0.1, 0.15) is 0 Å². The first kappa shape index (κ1) is 11.8. The summed E-state index contributed by atoms with van der Waals surface area (Å²) in [7, 11) is 0. The average Bonchev–Trinajstić information content (AvgIpc) is 2.83. The number of rotatable bonds is 4. The third-order valence-electron chi connectivity index (χ3n) is 5.58. The van der Waals surface area contributed by atoms with Crippen LogP contribution in [-0.2, 0) is 0 Å². The fraction of sp³-hybridized carbons (Fsp3) is 0.812. The highest BCUT2D eigenvalue weighted by Gasteiger charge is 2.42. The highest BCUT2D eigenvalue weighted by atomic mass is 15.2. The summed E-state index contributed by atoms with van der Waals surface area (Å²) in [6.07, 6.45) is 10.8. The Morgan fingerprint density at radius 3 is 2.74 bits per heavy atom. The van der Waals surface area contributed by atoms with Crippen LogP contribution >= 0.6 is 0 Å². The summed E-state index contributed by atoms with van der Waals surface area (Å²) in [5, 5.41) is 3.73. The van der Waals surface area contributed by atoms with Gasteiger partial charge in [-0.3, -0.25) is 0 Å². The lowest BCUT2D eigenvalue weighted by atomic mass is 9.84. The molecule has 2 bridgehead atoms. The fourth-order valence-corrected chi connectivity index (χ4v) is 4.47. The molecule has 1 aromatic rings. The van der Waals surface area contributed by atoms with Gasteiger partial charge in [-0.1, -0.05) is 6.42 Å². The zero-order valence-corrected chi connectivity index (χ0v) is 12.1. The van der Waals surface area contributed by atoms with Crippen molar-refractivity contribution >= 4 is 5.95 Å². The third kappa shape index (κ3) is 2.07. The monoisotopic (exact) mass is 259 g/mol. The molecule has 3 aliphatic rings. The lowest BCUT2D eigenvalue weighted by molar-refractivity contribution is 0.303. The summed E-state index contributed by atoms with van der Waals surface area (Å²) in [5.74, 6) is 4.01. The van der Waals surface area contributed by atoms with E-state index in [1.165, 1.54) is 38.5 Å². The number of hydrogen-bond acceptors (Lipinski definition) is 2. The van der Waals surface area contributed by atoms with E-state index in [1.807, 2.05) is 0 Å². The van der Waals surface area contributed by atoms with Crippen molar-refractivity contribution < 1.29 is 0 Å². The topological polar surface area (TPSA) is 29.9 Å². The highest BCUT2D eigenvalue weighted by Crippen LogP contribution is 2.50. The lowest BCUT2D eigenvalue weighted by Gasteiger charge is -2.29. The number of imidazole rings is 1. The van der Waals surface area contributed by atoms with Crippen molar-refractivity contribution in [1.29, 1.82) is 0 Å². The second kappa shape index (κ2) is 4.26. The Hall–Kier alpha value is -0.990. The van der Waals surface area contributed by atoms with Crippen LogP contribution in [-0.4, -0.2) is 15.6 Å². The summed E-state index contributed by atoms with van der Waals surface area (Å²) in [6, 6.07) is 1.30. The van der Waals surface area contributed by atoms with Gasteiger partial charge in [-0.05, 0) is 63.7 Å². The van der Waals surface area contributed by atoms with Gasteiger partial charge in [-0.2, -0.15) is 0 Å². The van der Waals surface area contributed by atoms with E-state index in [2.05, 4.69) is 29.9 Å². The summed E-state index contributed by atoms with van der Waals surface area (Å²) < 4.78 is 2.37. The Balaban J connectivity index is 1.48. The minimum absolute atomic E-state index is 0.578. The van der Waals surface area contributed by atoms with E-state index in [0.717, 1.165) is 35.4 Å². The average molecular weight is 259 g/mol. The zero-order valence-electron chi connectivity index (χ0n) is 12.1. The molecule has 3 saturated carbocycles. The summed E-state index contributed by atoms with van der Waals surface area (Å²) >= 11 is 0. The first-order valence-corrected chi connectivity index (χ1v) is 8.02. The van der Waals surface area contributed by atoms with E-state index in [0.29, 0.717) is 6.04 Å². The maximum absolute atomic E-state index is 4.70. The van der Waals surface area contributed by atoms with Crippen molar-refractivity contribution in [3.05, 3.63) is 11.9 Å². The summed E-state index contributed by atoms with van der Waals surface area (Å²) in [4.78, 5) is 4.70. The molecule has 0 radical (unpaired) electrons. The van der Waals surface area contributed by atoms with E-state index >= 15 is 0 Å². The second-order valence-electron chi connectivity index (χ2n) is 7.12. The van der Waals surface area contributed by atoms with Crippen LogP contribution in [0.5, 0.6) is 0 Å². The number of aryl methyl sites for hydroxylation is 1. The van der Waals surface area contributed by atoms with Crippen LogP contribution in [0.3, 0.4) is 0 Å². The fourth-order valence-electron chi connectivity index (χ4n) is 4.47. The number of anilines is 1. The first-order chi connectivity index (χ1) is 9.20. The molecular weight excluding hydrogens is 234 g/mol. The van der Waals surface area contributed by atoms with Gasteiger partial charge in [-0.25, -0.2) is 4.98 Å². The van der Waals surface area contributed by atoms with Gasteiger partial charge in [0.05, 0.1) is 5.69 Å². The van der Waals surface area contributed by atoms with Crippen LogP contribution in [0.4, 0.5) is 5.95 Å². The molecule has 3 fully saturated rings. The Bertz CT molecular complexity index is 474. The van der Waals surface area contributed by atoms with Crippen LogP contribution < -0.4 is 5.32 Å². The molecular formula is C16H25N3. The highest BCUT2D eigenvalue weighted by molar-refractivity contribution is 5.32. The molecule has 0 saturated heterocycles. The van der Waals surface area contributed by atoms with E-state index in [1.54, 1.807) is 0 Å². The summed E-state index contributed by atoms with van der Waals surface area (Å²) in [5.41, 5.74) is 1.15. The minimum Gasteiger partial charge on any atom is -0.353 e. The predicted molar refractivity (Wildman–Crippen MR) is 77.3 cm³/mol. The van der Waals surface area contributed by atoms with E-state index < -0.39 is 0 Å². The number of nitrogens with one attached hydrogen (secondary N) is 1. The van der Waals surface area contributed by atoms with Gasteiger partial charge in [0.2, 0.25) is 5.95 Å². The van der Waals surface area contributed by atoms with Crippen molar-refractivity contribution in [3.8, 4) is 0 Å². The number of nitrogens with zero attached hydrogens (tertiary/aromatic N) is 2. The van der Waals surface area contributed by atoms with E-state index in [-0.39, 0.29) is 0 Å². The molecule has 3 nitrogen and oxygen atoms in total. The van der Waals surface area contributed by atoms with Crippen LogP contribution in [0.2, 0.25) is 0 Å². The minimum atomic E-state index is 0.578. The van der Waals surface area contributed by atoms with Crippen LogP contribution in [0.1, 0.15) is 57.2 Å². The van der Waals surface area contributed by atoms with Gasteiger partial charge in [0.25, 0.3) is 0 Å². The molecule has 3 aliphatic carbocycles. The second-order valence-corrected chi connectivity index (χ2v) is 7.12. The molecule has 104 valence electrons. The largest absolute Gasteiger partial charge is 0.353 e. The normalized spacial score (nSPS) is 34.7. The number of aromatic nitrogens is 2. The van der Waals surface area contributed by atoms with Gasteiger partial charge in [-0.15, -0.1) is 0 Å². The molecule has 1 heterocycles. The first-order valence-electron chi connectivity index (χ1n) is 8.02. The van der Waals surface area contributed by atoms with Gasteiger partial charge < -0.3 is 9.88 Å². The van der Waals surface area contributed by atoms with Crippen molar-refractivity contribution in [2.75, 3.05) is 5.32 Å². The van der Waals surface area contributed by atoms with Gasteiger partial charge >= 0.3 is 0 Å². The van der Waals surface area contributed by atoms with Crippen LogP contribution in [0, 0.1) is 24.7 Å². The Morgan fingerprint density at radius 1 is 1.26 bits per heavy atom. The Kier molecular flexibility index (Phi) is 2.64. The molecule has 3 heteroatoms. The molecule has 4 atom stereocenters. The van der Waals surface area contributed by atoms with Crippen molar-refractivity contribution in [3.63, 3.8) is 0 Å². The molecule has 0 spiro atoms. The van der Waals surface area contributed by atoms with Gasteiger partial charge in [0.15, 0.2) is 0 Å². The van der Waals surface area contributed by atoms with Crippen molar-refractivity contribution in [2.45, 2.75) is 64.5 Å². The predicted octanol–water partition coefficient (Wildman–Crippen LogP) is 3.76. The van der Waals surface area contributed by atoms with Gasteiger partial charge in [0, 0.05) is 18.3 Å². The van der Waals surface area contributed by atoms with E-state index in [4.69, 9.17) is 4.98 Å². The van der Waals surface area contributed by atoms with E-state index in [9.17, 15) is 0 Å². The van der Waals surface area contributed by atoms with Crippen LogP contribution in [0.25, 0.3) is 0 Å². The number of fused-ring (bicyclic) bond motifs is 2. The zero-order chi connectivity index (χ0) is 13.0. The summed E-state index contributed by atoms with van der Waals surface area (Å²) in [6.45, 7) is 4.47. The molecule has 0 amide bonds. The lowest BCUT2D eigenvalue weighted by Crippen LogP contribution is -2.31. The molecule has 1 aromatic heterocycles. The standard InChI is InChI=1S/C16H25N3/c1-10-9-19(14-5-6-14)16(17-10)18-11(2)15-8-12-3-4-13(15)7-12/h9,11-15H,3-8H2,1-2H3,(H,17,18). The molecule has 19 heavy (non-hydrogen) atoms. The quantitative estimate of drug-likeness (QED) is 0.892. The van der Waals surface area contributed by atoms with Crippen LogP contribution in [0.15, 0.2) is 6.20 Å². The molecule has 0 aliphatic heterocycles. The third-order valence-corrected chi connectivity index (χ3v) is 5.58. The molecule has 1 N–H and O–H groups in total. The van der Waals surface area contributed by atoms with Crippen molar-refractivity contribution in [2.24, 2.45) is 17.8 Å². The maximum Gasteiger partial charge on any atom is 0.203 e. The smallest absolute Gasteiger partial charge is 0.203 e. The van der Waals surface area contributed by atoms with Crippen molar-refractivity contribution in [1.82, 2.24) is 9.55 Å². The Morgan fingerprint density at radius 2 is 2.11 bits per heavy atom. The maximum atomic E-state index is 4.70.